The lowest BCUT2D eigenvalue weighted by atomic mass is 10.2. The maximum atomic E-state index is 12.8. The molecule has 0 radical (unpaired) electrons. The summed E-state index contributed by atoms with van der Waals surface area (Å²) in [6, 6.07) is 14.8. The molecule has 0 N–H and O–H groups in total. The second-order valence-electron chi connectivity index (χ2n) is 4.96. The summed E-state index contributed by atoms with van der Waals surface area (Å²) in [6.45, 7) is 0. The minimum absolute atomic E-state index is 0.138. The number of thioether (sulfide) groups is 1. The van der Waals surface area contributed by atoms with Crippen LogP contribution in [0.4, 0.5) is 5.69 Å². The van der Waals surface area contributed by atoms with E-state index < -0.39 is 0 Å². The van der Waals surface area contributed by atoms with Crippen LogP contribution in [-0.4, -0.2) is 24.4 Å². The van der Waals surface area contributed by atoms with Crippen LogP contribution >= 0.6 is 24.0 Å². The second kappa shape index (κ2) is 7.07. The number of carbonyl (C=O) groups is 1. The molecule has 122 valence electrons. The summed E-state index contributed by atoms with van der Waals surface area (Å²) in [7, 11) is 3.21. The smallest absolute Gasteiger partial charge is 0.270 e. The fourth-order valence-corrected chi connectivity index (χ4v) is 3.64. The Bertz CT molecular complexity index is 815. The van der Waals surface area contributed by atoms with Crippen molar-refractivity contribution in [3.05, 3.63) is 59.0 Å². The van der Waals surface area contributed by atoms with Crippen molar-refractivity contribution in [3.8, 4) is 11.5 Å². The predicted octanol–water partition coefficient (Wildman–Crippen LogP) is 4.11. The van der Waals surface area contributed by atoms with Crippen molar-refractivity contribution in [2.75, 3.05) is 19.1 Å². The lowest BCUT2D eigenvalue weighted by Crippen LogP contribution is -2.27. The molecule has 4 nitrogen and oxygen atoms in total. The van der Waals surface area contributed by atoms with Gasteiger partial charge in [-0.15, -0.1) is 0 Å². The average molecular weight is 357 g/mol. The minimum Gasteiger partial charge on any atom is -0.497 e. The molecule has 24 heavy (non-hydrogen) atoms. The Labute approximate surface area is 150 Å². The van der Waals surface area contributed by atoms with Crippen LogP contribution in [0.25, 0.3) is 6.08 Å². The highest BCUT2D eigenvalue weighted by Crippen LogP contribution is 2.37. The van der Waals surface area contributed by atoms with E-state index in [1.807, 2.05) is 42.5 Å². The van der Waals surface area contributed by atoms with Gasteiger partial charge < -0.3 is 9.47 Å². The number of amides is 1. The molecular formula is C18H15NO3S2. The van der Waals surface area contributed by atoms with Crippen molar-refractivity contribution in [3.63, 3.8) is 0 Å². The Balaban J connectivity index is 1.92. The highest BCUT2D eigenvalue weighted by molar-refractivity contribution is 8.27. The first-order valence-corrected chi connectivity index (χ1v) is 8.41. The molecule has 1 fully saturated rings. The van der Waals surface area contributed by atoms with Gasteiger partial charge in [0.15, 0.2) is 4.32 Å². The van der Waals surface area contributed by atoms with Gasteiger partial charge in [0.1, 0.15) is 11.5 Å². The Hall–Kier alpha value is -2.31. The molecule has 1 aliphatic rings. The first-order valence-electron chi connectivity index (χ1n) is 7.19. The van der Waals surface area contributed by atoms with Crippen molar-refractivity contribution < 1.29 is 14.3 Å². The van der Waals surface area contributed by atoms with Crippen LogP contribution in [0.15, 0.2) is 53.4 Å². The fraction of sp³-hybridized carbons (Fsp3) is 0.111. The van der Waals surface area contributed by atoms with Gasteiger partial charge in [-0.05, 0) is 36.4 Å². The summed E-state index contributed by atoms with van der Waals surface area (Å²) in [4.78, 5) is 14.9. The molecule has 0 aliphatic carbocycles. The number of rotatable bonds is 4. The van der Waals surface area contributed by atoms with E-state index in [1.165, 1.54) is 16.7 Å². The molecular weight excluding hydrogens is 342 g/mol. The lowest BCUT2D eigenvalue weighted by molar-refractivity contribution is -0.113. The Morgan fingerprint density at radius 1 is 1.04 bits per heavy atom. The van der Waals surface area contributed by atoms with Crippen molar-refractivity contribution in [2.24, 2.45) is 0 Å². The molecule has 1 aliphatic heterocycles. The normalized spacial score (nSPS) is 15.9. The Kier molecular flexibility index (Phi) is 4.87. The van der Waals surface area contributed by atoms with Crippen LogP contribution in [0, 0.1) is 0 Å². The second-order valence-corrected chi connectivity index (χ2v) is 6.63. The SMILES string of the molecule is COc1ccc(N2C(=O)/C(=C\c3ccccc3OC)SC2=S)cc1. The molecule has 2 aromatic rings. The molecule has 2 aromatic carbocycles. The van der Waals surface area contributed by atoms with Gasteiger partial charge in [0.2, 0.25) is 0 Å². The first-order chi connectivity index (χ1) is 11.6. The third-order valence-electron chi connectivity index (χ3n) is 3.55. The maximum absolute atomic E-state index is 12.8. The van der Waals surface area contributed by atoms with Gasteiger partial charge in [-0.1, -0.05) is 42.2 Å². The van der Waals surface area contributed by atoms with Crippen LogP contribution in [0.1, 0.15) is 5.56 Å². The average Bonchev–Trinajstić information content (AvgIpc) is 2.89. The summed E-state index contributed by atoms with van der Waals surface area (Å²) in [5, 5.41) is 0. The lowest BCUT2D eigenvalue weighted by Gasteiger charge is -2.14. The van der Waals surface area contributed by atoms with Gasteiger partial charge in [0.25, 0.3) is 5.91 Å². The summed E-state index contributed by atoms with van der Waals surface area (Å²) in [5.41, 5.74) is 1.57. The Morgan fingerprint density at radius 3 is 2.42 bits per heavy atom. The third kappa shape index (κ3) is 3.16. The quantitative estimate of drug-likeness (QED) is 0.608. The standard InChI is InChI=1S/C18H15NO3S2/c1-21-14-9-7-13(8-10-14)19-17(20)16(24-18(19)23)11-12-5-3-4-6-15(12)22-2/h3-11H,1-2H3/b16-11+. The van der Waals surface area contributed by atoms with Crippen molar-refractivity contribution in [1.29, 1.82) is 0 Å². The topological polar surface area (TPSA) is 38.8 Å². The zero-order chi connectivity index (χ0) is 17.1. The molecule has 0 unspecified atom stereocenters. The highest BCUT2D eigenvalue weighted by Gasteiger charge is 2.33. The van der Waals surface area contributed by atoms with E-state index in [0.717, 1.165) is 17.0 Å². The number of anilines is 1. The van der Waals surface area contributed by atoms with E-state index in [-0.39, 0.29) is 5.91 Å². The molecule has 6 heteroatoms. The number of para-hydroxylation sites is 1. The minimum atomic E-state index is -0.138. The van der Waals surface area contributed by atoms with E-state index in [2.05, 4.69) is 0 Å². The van der Waals surface area contributed by atoms with E-state index >= 15 is 0 Å². The molecule has 0 atom stereocenters. The maximum Gasteiger partial charge on any atom is 0.270 e. The number of carbonyl (C=O) groups excluding carboxylic acids is 1. The molecule has 0 spiro atoms. The number of thiocarbonyl (C=S) groups is 1. The number of ether oxygens (including phenoxy) is 2. The van der Waals surface area contributed by atoms with Gasteiger partial charge in [0.05, 0.1) is 24.8 Å². The van der Waals surface area contributed by atoms with Gasteiger partial charge in [-0.25, -0.2) is 0 Å². The molecule has 0 aromatic heterocycles. The first kappa shape index (κ1) is 16.5. The fourth-order valence-electron chi connectivity index (χ4n) is 2.35. The van der Waals surface area contributed by atoms with Gasteiger partial charge in [-0.3, -0.25) is 9.69 Å². The highest BCUT2D eigenvalue weighted by atomic mass is 32.2. The number of hydrogen-bond acceptors (Lipinski definition) is 5. The number of methoxy groups -OCH3 is 2. The number of nitrogens with zero attached hydrogens (tertiary/aromatic N) is 1. The van der Waals surface area contributed by atoms with Crippen LogP contribution in [0.5, 0.6) is 11.5 Å². The van der Waals surface area contributed by atoms with Gasteiger partial charge in [-0.2, -0.15) is 0 Å². The summed E-state index contributed by atoms with van der Waals surface area (Å²) in [6.07, 6.45) is 1.81. The monoisotopic (exact) mass is 357 g/mol. The third-order valence-corrected chi connectivity index (χ3v) is 4.85. The van der Waals surface area contributed by atoms with Gasteiger partial charge in [0, 0.05) is 5.56 Å². The number of hydrogen-bond donors (Lipinski definition) is 0. The van der Waals surface area contributed by atoms with Gasteiger partial charge >= 0.3 is 0 Å². The summed E-state index contributed by atoms with van der Waals surface area (Å²) >= 11 is 6.66. The zero-order valence-corrected chi connectivity index (χ0v) is 14.8. The summed E-state index contributed by atoms with van der Waals surface area (Å²) < 4.78 is 11.0. The molecule has 0 saturated carbocycles. The predicted molar refractivity (Wildman–Crippen MR) is 102 cm³/mol. The van der Waals surface area contributed by atoms with Crippen molar-refractivity contribution in [1.82, 2.24) is 0 Å². The van der Waals surface area contributed by atoms with E-state index in [9.17, 15) is 4.79 Å². The van der Waals surface area contributed by atoms with Crippen LogP contribution in [-0.2, 0) is 4.79 Å². The van der Waals surface area contributed by atoms with Crippen LogP contribution in [0.2, 0.25) is 0 Å². The molecule has 1 saturated heterocycles. The Morgan fingerprint density at radius 2 is 1.75 bits per heavy atom. The van der Waals surface area contributed by atoms with Crippen molar-refractivity contribution >= 4 is 46.0 Å². The van der Waals surface area contributed by atoms with Crippen LogP contribution < -0.4 is 14.4 Å². The molecule has 0 bridgehead atoms. The number of benzene rings is 2. The zero-order valence-electron chi connectivity index (χ0n) is 13.2. The van der Waals surface area contributed by atoms with Crippen molar-refractivity contribution in [2.45, 2.75) is 0 Å². The van der Waals surface area contributed by atoms with E-state index in [4.69, 9.17) is 21.7 Å². The summed E-state index contributed by atoms with van der Waals surface area (Å²) in [5.74, 6) is 1.31. The van der Waals surface area contributed by atoms with E-state index in [0.29, 0.717) is 15.0 Å². The molecule has 1 amide bonds. The molecule has 1 heterocycles. The largest absolute Gasteiger partial charge is 0.497 e. The van der Waals surface area contributed by atoms with E-state index in [1.54, 1.807) is 26.4 Å². The molecule has 3 rings (SSSR count). The van der Waals surface area contributed by atoms with Crippen LogP contribution in [0.3, 0.4) is 0 Å².